The van der Waals surface area contributed by atoms with Gasteiger partial charge in [0.25, 0.3) is 5.91 Å². The Labute approximate surface area is 230 Å². The first-order valence-electron chi connectivity index (χ1n) is 13.1. The first-order valence-corrected chi connectivity index (χ1v) is 13.1. The highest BCUT2D eigenvalue weighted by Crippen LogP contribution is 2.31. The van der Waals surface area contributed by atoms with Crippen LogP contribution in [0.1, 0.15) is 29.8 Å². The Kier molecular flexibility index (Phi) is 6.54. The Morgan fingerprint density at radius 1 is 1.10 bits per heavy atom. The predicted octanol–water partition coefficient (Wildman–Crippen LogP) is 3.41. The number of carbonyl (C=O) groups excluding carboxylic acids is 1. The van der Waals surface area contributed by atoms with E-state index in [2.05, 4.69) is 49.5 Å². The van der Waals surface area contributed by atoms with E-state index in [4.69, 9.17) is 4.74 Å². The first kappa shape index (κ1) is 25.7. The molecule has 6 rings (SSSR count). The highest BCUT2D eigenvalue weighted by molar-refractivity contribution is 6.14. The van der Waals surface area contributed by atoms with Gasteiger partial charge >= 0.3 is 6.01 Å². The van der Waals surface area contributed by atoms with E-state index in [0.717, 1.165) is 29.7 Å². The van der Waals surface area contributed by atoms with Crippen LogP contribution in [0.2, 0.25) is 0 Å². The molecule has 2 atom stereocenters. The number of ether oxygens (including phenoxy) is 1. The molecule has 0 saturated carbocycles. The lowest BCUT2D eigenvalue weighted by Gasteiger charge is -2.38. The van der Waals surface area contributed by atoms with E-state index in [1.807, 2.05) is 19.3 Å². The van der Waals surface area contributed by atoms with Crippen molar-refractivity contribution in [1.82, 2.24) is 34.8 Å². The summed E-state index contributed by atoms with van der Waals surface area (Å²) >= 11 is 0. The molecule has 0 radical (unpaired) electrons. The molecule has 1 amide bonds. The highest BCUT2D eigenvalue weighted by atomic mass is 19.1. The minimum Gasteiger partial charge on any atom is -0.458 e. The van der Waals surface area contributed by atoms with Crippen LogP contribution in [0.3, 0.4) is 0 Å². The third-order valence-electron chi connectivity index (χ3n) is 6.91. The largest absolute Gasteiger partial charge is 0.458 e. The van der Waals surface area contributed by atoms with Gasteiger partial charge in [-0.15, -0.1) is 0 Å². The number of piperazine rings is 1. The molecule has 0 bridgehead atoms. The van der Waals surface area contributed by atoms with E-state index in [9.17, 15) is 9.18 Å². The highest BCUT2D eigenvalue weighted by Gasteiger charge is 2.25. The second kappa shape index (κ2) is 10.2. The van der Waals surface area contributed by atoms with Crippen LogP contribution in [0, 0.1) is 5.82 Å². The van der Waals surface area contributed by atoms with Crippen molar-refractivity contribution in [2.45, 2.75) is 32.5 Å². The van der Waals surface area contributed by atoms with Crippen LogP contribution in [-0.4, -0.2) is 60.6 Å². The summed E-state index contributed by atoms with van der Waals surface area (Å²) in [6.07, 6.45) is 6.96. The van der Waals surface area contributed by atoms with Crippen molar-refractivity contribution >= 4 is 39.1 Å². The Morgan fingerprint density at radius 2 is 1.90 bits per heavy atom. The molecule has 2 unspecified atom stereocenters. The zero-order valence-electron chi connectivity index (χ0n) is 22.7. The minimum atomic E-state index is -0.510. The van der Waals surface area contributed by atoms with Crippen LogP contribution in [0.25, 0.3) is 21.8 Å². The summed E-state index contributed by atoms with van der Waals surface area (Å²) in [5.41, 5.74) is 3.16. The average molecular weight is 544 g/mol. The second-order valence-electron chi connectivity index (χ2n) is 10.4. The van der Waals surface area contributed by atoms with Gasteiger partial charge in [-0.25, -0.2) is 9.37 Å². The lowest BCUT2D eigenvalue weighted by Crippen LogP contribution is -2.54. The quantitative estimate of drug-likeness (QED) is 0.335. The van der Waals surface area contributed by atoms with Crippen molar-refractivity contribution in [1.29, 1.82) is 0 Å². The third kappa shape index (κ3) is 5.05. The summed E-state index contributed by atoms with van der Waals surface area (Å²) < 4.78 is 23.8. The zero-order chi connectivity index (χ0) is 28.0. The summed E-state index contributed by atoms with van der Waals surface area (Å²) in [5, 5.41) is 16.0. The van der Waals surface area contributed by atoms with Gasteiger partial charge in [0.05, 0.1) is 17.3 Å². The Bertz CT molecular complexity index is 1720. The number of aromatic nitrogens is 6. The molecule has 3 aromatic heterocycles. The fraction of sp³-hybridized carbons (Fsp3) is 0.321. The molecule has 1 aliphatic heterocycles. The van der Waals surface area contributed by atoms with Gasteiger partial charge in [-0.1, -0.05) is 0 Å². The standard InChI is InChI=1S/C28H30FN9O2/c1-16-11-38(12-17(2)32-16)24-6-5-21(27(39)33-20-7-19-14-37(4)35-25(19)23(29)8-20)26-22(24)10-30-28(34-26)40-15-18-9-31-36(3)13-18/h5-10,13-14,16-17,32H,11-12,15H2,1-4H3,(H,33,39). The zero-order valence-corrected chi connectivity index (χ0v) is 22.7. The monoisotopic (exact) mass is 543 g/mol. The van der Waals surface area contributed by atoms with E-state index in [1.165, 1.54) is 10.7 Å². The van der Waals surface area contributed by atoms with Crippen LogP contribution in [0.4, 0.5) is 15.8 Å². The molecule has 11 nitrogen and oxygen atoms in total. The Morgan fingerprint density at radius 3 is 2.65 bits per heavy atom. The molecular weight excluding hydrogens is 513 g/mol. The molecule has 0 aliphatic carbocycles. The van der Waals surface area contributed by atoms with Gasteiger partial charge in [0.2, 0.25) is 0 Å². The van der Waals surface area contributed by atoms with E-state index >= 15 is 0 Å². The van der Waals surface area contributed by atoms with Gasteiger partial charge < -0.3 is 20.3 Å². The van der Waals surface area contributed by atoms with Crippen molar-refractivity contribution < 1.29 is 13.9 Å². The molecule has 0 spiro atoms. The van der Waals surface area contributed by atoms with Crippen LogP contribution >= 0.6 is 0 Å². The maximum Gasteiger partial charge on any atom is 0.317 e. The molecule has 4 heterocycles. The van der Waals surface area contributed by atoms with Crippen molar-refractivity contribution in [2.24, 2.45) is 14.1 Å². The molecule has 1 fully saturated rings. The van der Waals surface area contributed by atoms with Crippen LogP contribution in [0.15, 0.2) is 49.1 Å². The van der Waals surface area contributed by atoms with E-state index in [-0.39, 0.29) is 18.1 Å². The second-order valence-corrected chi connectivity index (χ2v) is 10.4. The number of nitrogens with one attached hydrogen (secondary N) is 2. The van der Waals surface area contributed by atoms with Gasteiger partial charge in [0.1, 0.15) is 12.1 Å². The topological polar surface area (TPSA) is 115 Å². The number of amides is 1. The maximum absolute atomic E-state index is 14.7. The number of hydrogen-bond donors (Lipinski definition) is 2. The van der Waals surface area contributed by atoms with E-state index in [1.54, 1.807) is 42.5 Å². The molecule has 1 saturated heterocycles. The first-order chi connectivity index (χ1) is 19.2. The normalized spacial score (nSPS) is 17.5. The molecule has 1 aliphatic rings. The van der Waals surface area contributed by atoms with Crippen molar-refractivity contribution in [3.63, 3.8) is 0 Å². The summed E-state index contributed by atoms with van der Waals surface area (Å²) in [6, 6.07) is 7.37. The fourth-order valence-electron chi connectivity index (χ4n) is 5.32. The fourth-order valence-corrected chi connectivity index (χ4v) is 5.32. The third-order valence-corrected chi connectivity index (χ3v) is 6.91. The number of nitrogens with zero attached hydrogens (tertiary/aromatic N) is 7. The molecule has 12 heteroatoms. The lowest BCUT2D eigenvalue weighted by atomic mass is 10.0. The number of benzene rings is 2. The van der Waals surface area contributed by atoms with Gasteiger partial charge in [-0.2, -0.15) is 15.2 Å². The van der Waals surface area contributed by atoms with Gasteiger partial charge in [-0.05, 0) is 38.1 Å². The maximum atomic E-state index is 14.7. The molecule has 40 heavy (non-hydrogen) atoms. The smallest absolute Gasteiger partial charge is 0.317 e. The number of fused-ring (bicyclic) bond motifs is 2. The minimum absolute atomic E-state index is 0.146. The van der Waals surface area contributed by atoms with Crippen molar-refractivity contribution in [2.75, 3.05) is 23.3 Å². The van der Waals surface area contributed by atoms with Crippen molar-refractivity contribution in [3.8, 4) is 6.01 Å². The lowest BCUT2D eigenvalue weighted by molar-refractivity contribution is 0.102. The van der Waals surface area contributed by atoms with Crippen LogP contribution in [0.5, 0.6) is 6.01 Å². The molecule has 5 aromatic rings. The molecule has 206 valence electrons. The number of carbonyl (C=O) groups is 1. The van der Waals surface area contributed by atoms with Gasteiger partial charge in [0, 0.05) is 85.6 Å². The van der Waals surface area contributed by atoms with Crippen LogP contribution < -0.4 is 20.3 Å². The SMILES string of the molecule is CC1CN(c2ccc(C(=O)Nc3cc(F)c4nn(C)cc4c3)c3nc(OCc4cnn(C)c4)ncc23)CC(C)N1. The molecule has 2 aromatic carbocycles. The number of halogens is 1. The summed E-state index contributed by atoms with van der Waals surface area (Å²) in [7, 11) is 3.55. The summed E-state index contributed by atoms with van der Waals surface area (Å²) in [4.78, 5) is 25.0. The number of rotatable bonds is 6. The van der Waals surface area contributed by atoms with Crippen molar-refractivity contribution in [3.05, 3.63) is 66.0 Å². The van der Waals surface area contributed by atoms with Gasteiger partial charge in [-0.3, -0.25) is 14.2 Å². The van der Waals surface area contributed by atoms with Crippen LogP contribution in [-0.2, 0) is 20.7 Å². The summed E-state index contributed by atoms with van der Waals surface area (Å²) in [5.74, 6) is -0.929. The molecule has 2 N–H and O–H groups in total. The Hall–Kier alpha value is -4.58. The number of aryl methyl sites for hydroxylation is 2. The summed E-state index contributed by atoms with van der Waals surface area (Å²) in [6.45, 7) is 6.12. The Balaban J connectivity index is 1.37. The molecular formula is C28H30FN9O2. The number of hydrogen-bond acceptors (Lipinski definition) is 8. The van der Waals surface area contributed by atoms with E-state index in [0.29, 0.717) is 34.2 Å². The number of anilines is 2. The average Bonchev–Trinajstić information content (AvgIpc) is 3.50. The van der Waals surface area contributed by atoms with E-state index < -0.39 is 11.7 Å². The predicted molar refractivity (Wildman–Crippen MR) is 150 cm³/mol. The van der Waals surface area contributed by atoms with Gasteiger partial charge in [0.15, 0.2) is 5.82 Å².